The zero-order valence-corrected chi connectivity index (χ0v) is 27.7. The predicted molar refractivity (Wildman–Crippen MR) is 173 cm³/mol. The van der Waals surface area contributed by atoms with Gasteiger partial charge in [0.15, 0.2) is 11.9 Å². The largest absolute Gasteiger partial charge is 0.444 e. The van der Waals surface area contributed by atoms with Crippen LogP contribution in [-0.2, 0) is 23.6 Å². The first-order valence-electron chi connectivity index (χ1n) is 15.6. The molecule has 3 aliphatic rings. The average Bonchev–Trinajstić information content (AvgIpc) is 3.51. The summed E-state index contributed by atoms with van der Waals surface area (Å²) in [7, 11) is 3.51. The Kier molecular flexibility index (Phi) is 7.52. The Hall–Kier alpha value is -3.35. The monoisotopic (exact) mass is 656 g/mol. The average molecular weight is 658 g/mol. The number of benzene rings is 1. The maximum absolute atomic E-state index is 14.4. The number of aromatic nitrogens is 6. The Labute approximate surface area is 270 Å². The van der Waals surface area contributed by atoms with E-state index >= 15 is 0 Å². The number of fused-ring (bicyclic) bond motifs is 4. The van der Waals surface area contributed by atoms with Crippen LogP contribution < -0.4 is 10.5 Å². The fourth-order valence-electron chi connectivity index (χ4n) is 7.00. The Bertz CT molecular complexity index is 1860. The van der Waals surface area contributed by atoms with Crippen LogP contribution in [0, 0.1) is 0 Å². The van der Waals surface area contributed by atoms with E-state index in [-0.39, 0.29) is 30.0 Å². The molecule has 14 heteroatoms. The van der Waals surface area contributed by atoms with Crippen molar-refractivity contribution in [1.82, 2.24) is 34.0 Å². The molecule has 3 saturated heterocycles. The molecule has 0 N–H and O–H groups in total. The molecule has 3 unspecified atom stereocenters. The molecule has 0 aliphatic carbocycles. The van der Waals surface area contributed by atoms with E-state index in [9.17, 15) is 9.59 Å². The summed E-state index contributed by atoms with van der Waals surface area (Å²) in [5.41, 5.74) is 1.31. The van der Waals surface area contributed by atoms with Crippen LogP contribution in [0.1, 0.15) is 65.5 Å². The normalized spacial score (nSPS) is 22.4. The highest BCUT2D eigenvalue weighted by Crippen LogP contribution is 2.41. The third kappa shape index (κ3) is 5.14. The maximum atomic E-state index is 14.4. The van der Waals surface area contributed by atoms with Crippen LogP contribution in [0.5, 0.6) is 0 Å². The van der Waals surface area contributed by atoms with E-state index in [2.05, 4.69) is 10.00 Å². The van der Waals surface area contributed by atoms with E-state index in [4.69, 9.17) is 42.8 Å². The number of piperazine rings is 1. The van der Waals surface area contributed by atoms with E-state index in [1.807, 2.05) is 32.9 Å². The van der Waals surface area contributed by atoms with Gasteiger partial charge in [-0.3, -0.25) is 14.0 Å². The summed E-state index contributed by atoms with van der Waals surface area (Å²) >= 11 is 13.6. The van der Waals surface area contributed by atoms with Crippen molar-refractivity contribution in [2.75, 3.05) is 24.6 Å². The number of anilines is 1. The first-order valence-corrected chi connectivity index (χ1v) is 16.4. The second kappa shape index (κ2) is 11.2. The van der Waals surface area contributed by atoms with Gasteiger partial charge >= 0.3 is 6.09 Å². The van der Waals surface area contributed by atoms with E-state index in [0.717, 1.165) is 38.5 Å². The van der Waals surface area contributed by atoms with E-state index in [0.29, 0.717) is 69.0 Å². The number of piperidine rings is 1. The third-order valence-corrected chi connectivity index (χ3v) is 9.89. The number of hydrogen-bond acceptors (Lipinski definition) is 8. The molecule has 1 aromatic carbocycles. The highest BCUT2D eigenvalue weighted by Gasteiger charge is 2.42. The maximum Gasteiger partial charge on any atom is 0.410 e. The van der Waals surface area contributed by atoms with Gasteiger partial charge in [0.25, 0.3) is 5.56 Å². The predicted octanol–water partition coefficient (Wildman–Crippen LogP) is 5.67. The van der Waals surface area contributed by atoms with Crippen molar-refractivity contribution in [2.24, 2.45) is 14.1 Å². The number of amides is 1. The van der Waals surface area contributed by atoms with Crippen LogP contribution in [0.4, 0.5) is 10.7 Å². The van der Waals surface area contributed by atoms with Crippen molar-refractivity contribution < 1.29 is 14.3 Å². The molecule has 0 spiro atoms. The molecule has 12 nitrogen and oxygen atoms in total. The molecule has 3 aromatic heterocycles. The lowest BCUT2D eigenvalue weighted by Crippen LogP contribution is -2.63. The van der Waals surface area contributed by atoms with Crippen molar-refractivity contribution in [3.63, 3.8) is 0 Å². The number of rotatable bonds is 3. The number of halogens is 2. The Morgan fingerprint density at radius 1 is 1.00 bits per heavy atom. The minimum atomic E-state index is -0.576. The van der Waals surface area contributed by atoms with Crippen LogP contribution in [0.2, 0.25) is 10.2 Å². The summed E-state index contributed by atoms with van der Waals surface area (Å²) in [5, 5.41) is 11.2. The molecular weight excluding hydrogens is 619 g/mol. The SMILES string of the molecule is Cn1nc2ccc(-c3nn(C4CCCCO4)c4nc(N5C6CCCC5CN(C(=O)OC(C)(C)C)C6)n(C)c(=O)c34)c(Cl)c2c1Cl. The lowest BCUT2D eigenvalue weighted by molar-refractivity contribution is -0.0368. The molecule has 4 aromatic rings. The molecule has 0 saturated carbocycles. The fourth-order valence-corrected chi connectivity index (χ4v) is 7.62. The highest BCUT2D eigenvalue weighted by molar-refractivity contribution is 6.43. The van der Waals surface area contributed by atoms with Crippen molar-refractivity contribution in [1.29, 1.82) is 0 Å². The fraction of sp³-hybridized carbons (Fsp3) is 0.581. The molecule has 2 bridgehead atoms. The summed E-state index contributed by atoms with van der Waals surface area (Å²) in [5.74, 6) is 0.561. The first kappa shape index (κ1) is 30.3. The number of likely N-dealkylation sites (tertiary alicyclic amines) is 1. The number of ether oxygens (including phenoxy) is 2. The summed E-state index contributed by atoms with van der Waals surface area (Å²) < 4.78 is 16.8. The van der Waals surface area contributed by atoms with Gasteiger partial charge in [-0.15, -0.1) is 0 Å². The van der Waals surface area contributed by atoms with Crippen molar-refractivity contribution in [3.8, 4) is 11.3 Å². The number of carbonyl (C=O) groups is 1. The van der Waals surface area contributed by atoms with Gasteiger partial charge in [0.1, 0.15) is 21.8 Å². The van der Waals surface area contributed by atoms with E-state index in [1.165, 1.54) is 0 Å². The molecule has 6 heterocycles. The van der Waals surface area contributed by atoms with Crippen LogP contribution in [-0.4, -0.2) is 77.5 Å². The standard InChI is InChI=1S/C31H38Cl2N8O4/c1-31(2,3)45-30(43)39-15-17-9-8-10-18(16-39)40(17)29-34-27-23(28(42)37(29)4)25(36-41(27)21-11-6-7-14-44-21)19-12-13-20-22(24(19)32)26(33)38(5)35-20/h12-13,17-18,21H,6-11,14-16H2,1-5H3. The molecule has 7 rings (SSSR count). The van der Waals surface area contributed by atoms with Gasteiger partial charge in [-0.05, 0) is 71.4 Å². The Morgan fingerprint density at radius 2 is 1.73 bits per heavy atom. The zero-order chi connectivity index (χ0) is 31.8. The lowest BCUT2D eigenvalue weighted by atomic mass is 9.91. The summed E-state index contributed by atoms with van der Waals surface area (Å²) in [4.78, 5) is 36.7. The zero-order valence-electron chi connectivity index (χ0n) is 26.2. The molecule has 3 fully saturated rings. The van der Waals surface area contributed by atoms with Gasteiger partial charge in [0, 0.05) is 51.4 Å². The van der Waals surface area contributed by atoms with Gasteiger partial charge < -0.3 is 19.3 Å². The van der Waals surface area contributed by atoms with Crippen LogP contribution in [0.3, 0.4) is 0 Å². The smallest absolute Gasteiger partial charge is 0.410 e. The number of aryl methyl sites for hydroxylation is 1. The third-order valence-electron chi connectivity index (χ3n) is 9.07. The number of nitrogens with zero attached hydrogens (tertiary/aromatic N) is 8. The van der Waals surface area contributed by atoms with Crippen molar-refractivity contribution in [3.05, 3.63) is 32.7 Å². The molecule has 240 valence electrons. The first-order chi connectivity index (χ1) is 21.4. The van der Waals surface area contributed by atoms with E-state index in [1.54, 1.807) is 32.9 Å². The van der Waals surface area contributed by atoms with Gasteiger partial charge in [0.2, 0.25) is 5.95 Å². The molecule has 0 radical (unpaired) electrons. The second-order valence-corrected chi connectivity index (χ2v) is 14.1. The van der Waals surface area contributed by atoms with E-state index < -0.39 is 5.60 Å². The molecular formula is C31H38Cl2N8O4. The summed E-state index contributed by atoms with van der Waals surface area (Å²) in [6, 6.07) is 3.65. The minimum Gasteiger partial charge on any atom is -0.444 e. The molecule has 3 atom stereocenters. The Morgan fingerprint density at radius 3 is 2.40 bits per heavy atom. The van der Waals surface area contributed by atoms with Gasteiger partial charge in [-0.1, -0.05) is 23.2 Å². The summed E-state index contributed by atoms with van der Waals surface area (Å²) in [6.07, 6.45) is 4.82. The van der Waals surface area contributed by atoms with Crippen molar-refractivity contribution >= 4 is 57.2 Å². The molecule has 1 amide bonds. The van der Waals surface area contributed by atoms with Crippen LogP contribution >= 0.6 is 23.2 Å². The van der Waals surface area contributed by atoms with Crippen molar-refractivity contribution in [2.45, 2.75) is 83.2 Å². The van der Waals surface area contributed by atoms with Crippen LogP contribution in [0.15, 0.2) is 16.9 Å². The van der Waals surface area contributed by atoms with Gasteiger partial charge in [-0.25, -0.2) is 9.48 Å². The van der Waals surface area contributed by atoms with Gasteiger partial charge in [0.05, 0.1) is 15.9 Å². The molecule has 3 aliphatic heterocycles. The minimum absolute atomic E-state index is 0.00749. The second-order valence-electron chi connectivity index (χ2n) is 13.4. The van der Waals surface area contributed by atoms with Crippen LogP contribution in [0.25, 0.3) is 33.2 Å². The summed E-state index contributed by atoms with van der Waals surface area (Å²) in [6.45, 7) is 7.23. The van der Waals surface area contributed by atoms with Gasteiger partial charge in [-0.2, -0.15) is 15.2 Å². The topological polar surface area (TPSA) is 113 Å². The quantitative estimate of drug-likeness (QED) is 0.277. The highest BCUT2D eigenvalue weighted by atomic mass is 35.5. The molecule has 45 heavy (non-hydrogen) atoms. The Balaban J connectivity index is 1.37. The number of hydrogen-bond donors (Lipinski definition) is 0. The lowest BCUT2D eigenvalue weighted by Gasteiger charge is -2.50. The number of carbonyl (C=O) groups excluding carboxylic acids is 1.